The first-order valence-electron chi connectivity index (χ1n) is 12.0. The van der Waals surface area contributed by atoms with Gasteiger partial charge in [0.15, 0.2) is 0 Å². The molecule has 3 heterocycles. The van der Waals surface area contributed by atoms with Gasteiger partial charge in [-0.1, -0.05) is 6.07 Å². The number of rotatable bonds is 7. The first kappa shape index (κ1) is 23.7. The molecule has 9 heteroatoms. The van der Waals surface area contributed by atoms with Gasteiger partial charge in [0.1, 0.15) is 35.6 Å². The summed E-state index contributed by atoms with van der Waals surface area (Å²) in [6, 6.07) is 9.94. The van der Waals surface area contributed by atoms with Crippen molar-refractivity contribution in [2.45, 2.75) is 25.5 Å². The average Bonchev–Trinajstić information content (AvgIpc) is 3.49. The van der Waals surface area contributed by atoms with Gasteiger partial charge in [0.25, 0.3) is 0 Å². The maximum atomic E-state index is 14.8. The van der Waals surface area contributed by atoms with Gasteiger partial charge in [0, 0.05) is 49.4 Å². The molecule has 0 radical (unpaired) electrons. The number of hydrogen-bond acceptors (Lipinski definition) is 6. The molecule has 0 N–H and O–H groups in total. The van der Waals surface area contributed by atoms with Gasteiger partial charge in [-0.05, 0) is 50.2 Å². The number of ether oxygens (including phenoxy) is 2. The maximum absolute atomic E-state index is 14.8. The van der Waals surface area contributed by atoms with Gasteiger partial charge in [-0.15, -0.1) is 0 Å². The second-order valence-electron chi connectivity index (χ2n) is 9.64. The molecule has 0 bridgehead atoms. The van der Waals surface area contributed by atoms with Gasteiger partial charge in [0.2, 0.25) is 0 Å². The monoisotopic (exact) mass is 483 g/mol. The van der Waals surface area contributed by atoms with Crippen molar-refractivity contribution < 1.29 is 18.3 Å². The smallest absolute Gasteiger partial charge is 0.137 e. The molecule has 186 valence electrons. The van der Waals surface area contributed by atoms with Gasteiger partial charge in [-0.3, -0.25) is 0 Å². The van der Waals surface area contributed by atoms with E-state index in [4.69, 9.17) is 9.47 Å². The highest BCUT2D eigenvalue weighted by Gasteiger charge is 2.44. The lowest BCUT2D eigenvalue weighted by Gasteiger charge is -2.34. The van der Waals surface area contributed by atoms with Crippen molar-refractivity contribution in [2.24, 2.45) is 5.92 Å². The van der Waals surface area contributed by atoms with Crippen molar-refractivity contribution >= 4 is 5.69 Å². The van der Waals surface area contributed by atoms with E-state index in [1.165, 1.54) is 24.1 Å². The van der Waals surface area contributed by atoms with Crippen molar-refractivity contribution in [3.8, 4) is 5.75 Å². The first-order chi connectivity index (χ1) is 16.9. The zero-order valence-corrected chi connectivity index (χ0v) is 20.2. The lowest BCUT2D eigenvalue weighted by Crippen LogP contribution is -2.44. The minimum absolute atomic E-state index is 0.0414. The Morgan fingerprint density at radius 1 is 1.11 bits per heavy atom. The van der Waals surface area contributed by atoms with Crippen molar-refractivity contribution in [3.05, 3.63) is 71.8 Å². The van der Waals surface area contributed by atoms with Crippen molar-refractivity contribution in [2.75, 3.05) is 51.3 Å². The minimum Gasteiger partial charge on any atom is -0.493 e. The molecule has 0 aliphatic carbocycles. The number of nitrogens with zero attached hydrogens (tertiary/aromatic N) is 5. The van der Waals surface area contributed by atoms with Crippen LogP contribution in [0.25, 0.3) is 0 Å². The first-order valence-corrected chi connectivity index (χ1v) is 12.0. The van der Waals surface area contributed by atoms with Crippen LogP contribution in [-0.2, 0) is 16.9 Å². The van der Waals surface area contributed by atoms with Crippen LogP contribution in [0.15, 0.2) is 49.1 Å². The van der Waals surface area contributed by atoms with Crippen LogP contribution in [-0.4, -0.2) is 66.1 Å². The summed E-state index contributed by atoms with van der Waals surface area (Å²) in [6.45, 7) is 7.34. The van der Waals surface area contributed by atoms with Crippen LogP contribution in [0, 0.1) is 24.5 Å². The summed E-state index contributed by atoms with van der Waals surface area (Å²) < 4.78 is 42.4. The quantitative estimate of drug-likeness (QED) is 0.512. The van der Waals surface area contributed by atoms with Crippen LogP contribution < -0.4 is 9.64 Å². The summed E-state index contributed by atoms with van der Waals surface area (Å²) in [4.78, 5) is 8.73. The summed E-state index contributed by atoms with van der Waals surface area (Å²) in [5, 5.41) is 4.17. The number of anilines is 1. The van der Waals surface area contributed by atoms with Crippen molar-refractivity contribution in [1.29, 1.82) is 0 Å². The van der Waals surface area contributed by atoms with E-state index in [2.05, 4.69) is 46.0 Å². The highest BCUT2D eigenvalue weighted by molar-refractivity contribution is 5.53. The van der Waals surface area contributed by atoms with E-state index < -0.39 is 17.2 Å². The van der Waals surface area contributed by atoms with Crippen LogP contribution in [0.2, 0.25) is 0 Å². The number of benzene rings is 2. The van der Waals surface area contributed by atoms with E-state index in [9.17, 15) is 8.78 Å². The lowest BCUT2D eigenvalue weighted by molar-refractivity contribution is -0.0206. The minimum atomic E-state index is -0.972. The average molecular weight is 484 g/mol. The zero-order valence-electron chi connectivity index (χ0n) is 20.2. The second-order valence-corrected chi connectivity index (χ2v) is 9.64. The van der Waals surface area contributed by atoms with Crippen LogP contribution in [0.3, 0.4) is 0 Å². The van der Waals surface area contributed by atoms with E-state index >= 15 is 0 Å². The molecule has 2 aliphatic rings. The number of piperazine rings is 1. The van der Waals surface area contributed by atoms with Gasteiger partial charge in [0.05, 0.1) is 19.8 Å². The summed E-state index contributed by atoms with van der Waals surface area (Å²) >= 11 is 0. The summed E-state index contributed by atoms with van der Waals surface area (Å²) in [5.74, 6) is -0.359. The molecule has 2 aromatic carbocycles. The molecule has 1 aromatic heterocycles. The molecule has 0 amide bonds. The molecule has 7 nitrogen and oxygen atoms in total. The predicted octanol–water partition coefficient (Wildman–Crippen LogP) is 3.63. The van der Waals surface area contributed by atoms with Crippen molar-refractivity contribution in [1.82, 2.24) is 19.7 Å². The predicted molar refractivity (Wildman–Crippen MR) is 129 cm³/mol. The highest BCUT2D eigenvalue weighted by atomic mass is 19.1. The van der Waals surface area contributed by atoms with Gasteiger partial charge in [-0.2, -0.15) is 5.10 Å². The van der Waals surface area contributed by atoms with Crippen LogP contribution >= 0.6 is 0 Å². The zero-order chi connectivity index (χ0) is 24.4. The molecule has 2 saturated heterocycles. The Kier molecular flexibility index (Phi) is 6.71. The standard InChI is InChI=1S/C26H31F2N5O2/c1-19-11-22(32-9-7-31(2)8-10-32)4-6-25(19)34-14-20-13-26(35-15-20,16-33-18-29-17-30-33)23-5-3-21(27)12-24(23)28/h3-6,11-12,17-18,20H,7-10,13-16H2,1-2H3/t20-,26+/m1/s1. The van der Waals surface area contributed by atoms with E-state index in [0.29, 0.717) is 25.2 Å². The van der Waals surface area contributed by atoms with Gasteiger partial charge in [-0.25, -0.2) is 18.4 Å². The van der Waals surface area contributed by atoms with Crippen molar-refractivity contribution in [3.63, 3.8) is 0 Å². The summed E-state index contributed by atoms with van der Waals surface area (Å²) in [6.07, 6.45) is 3.52. The fourth-order valence-electron chi connectivity index (χ4n) is 5.05. The Morgan fingerprint density at radius 2 is 1.94 bits per heavy atom. The highest BCUT2D eigenvalue weighted by Crippen LogP contribution is 2.42. The third-order valence-corrected chi connectivity index (χ3v) is 7.02. The van der Waals surface area contributed by atoms with Crippen LogP contribution in [0.1, 0.15) is 17.5 Å². The number of halogens is 2. The topological polar surface area (TPSA) is 55.7 Å². The molecule has 0 saturated carbocycles. The number of aryl methyl sites for hydroxylation is 1. The molecular weight excluding hydrogens is 452 g/mol. The van der Waals surface area contributed by atoms with Crippen LogP contribution in [0.4, 0.5) is 14.5 Å². The normalized spacial score (nSPS) is 23.1. The molecule has 2 aliphatic heterocycles. The molecule has 3 aromatic rings. The third-order valence-electron chi connectivity index (χ3n) is 7.02. The molecule has 5 rings (SSSR count). The third kappa shape index (κ3) is 5.16. The lowest BCUT2D eigenvalue weighted by atomic mass is 9.87. The Balaban J connectivity index is 1.27. The number of aromatic nitrogens is 3. The largest absolute Gasteiger partial charge is 0.493 e. The van der Waals surface area contributed by atoms with Gasteiger partial charge < -0.3 is 19.3 Å². The Hall–Kier alpha value is -3.04. The molecule has 35 heavy (non-hydrogen) atoms. The fourth-order valence-corrected chi connectivity index (χ4v) is 5.05. The van der Waals surface area contributed by atoms with E-state index in [-0.39, 0.29) is 12.5 Å². The SMILES string of the molecule is Cc1cc(N2CCN(C)CC2)ccc1OC[C@@H]1CO[C@@](Cn2cncn2)(c2ccc(F)cc2F)C1. The molecule has 2 atom stereocenters. The van der Waals surface area contributed by atoms with E-state index in [1.54, 1.807) is 11.0 Å². The Morgan fingerprint density at radius 3 is 2.66 bits per heavy atom. The maximum Gasteiger partial charge on any atom is 0.137 e. The molecule has 0 unspecified atom stereocenters. The molecule has 0 spiro atoms. The number of likely N-dealkylation sites (N-methyl/N-ethyl adjacent to an activating group) is 1. The molecular formula is C26H31F2N5O2. The summed E-state index contributed by atoms with van der Waals surface area (Å²) in [7, 11) is 2.15. The fraction of sp³-hybridized carbons (Fsp3) is 0.462. The second kappa shape index (κ2) is 9.91. The number of hydrogen-bond donors (Lipinski definition) is 0. The Labute approximate surface area is 204 Å². The summed E-state index contributed by atoms with van der Waals surface area (Å²) in [5.41, 5.74) is 1.65. The Bertz CT molecular complexity index is 1150. The van der Waals surface area contributed by atoms with E-state index in [0.717, 1.165) is 43.6 Å². The van der Waals surface area contributed by atoms with Crippen LogP contribution in [0.5, 0.6) is 5.75 Å². The van der Waals surface area contributed by atoms with Gasteiger partial charge >= 0.3 is 0 Å². The van der Waals surface area contributed by atoms with E-state index in [1.807, 2.05) is 6.07 Å². The molecule has 2 fully saturated rings.